The van der Waals surface area contributed by atoms with Crippen molar-refractivity contribution < 1.29 is 19.7 Å². The number of carboxylic acid groups (broad SMARTS) is 1. The van der Waals surface area contributed by atoms with Crippen LogP contribution in [0.2, 0.25) is 0 Å². The van der Waals surface area contributed by atoms with Crippen LogP contribution in [0.3, 0.4) is 0 Å². The van der Waals surface area contributed by atoms with Crippen molar-refractivity contribution in [1.29, 1.82) is 0 Å². The molecular formula is C16H23NO4. The maximum absolute atomic E-state index is 10.7. The fourth-order valence-electron chi connectivity index (χ4n) is 1.74. The third-order valence-electron chi connectivity index (χ3n) is 2.59. The van der Waals surface area contributed by atoms with Gasteiger partial charge in [-0.05, 0) is 31.9 Å². The van der Waals surface area contributed by atoms with E-state index in [-0.39, 0.29) is 19.4 Å². The number of aliphatic carboxylic acids is 1. The lowest BCUT2D eigenvalue weighted by Crippen LogP contribution is -2.24. The van der Waals surface area contributed by atoms with Crippen LogP contribution >= 0.6 is 0 Å². The summed E-state index contributed by atoms with van der Waals surface area (Å²) in [5.41, 5.74) is 1.36. The van der Waals surface area contributed by atoms with Crippen molar-refractivity contribution >= 4 is 11.9 Å². The highest BCUT2D eigenvalue weighted by atomic mass is 16.5. The molecule has 5 nitrogen and oxygen atoms in total. The molecule has 0 saturated carbocycles. The van der Waals surface area contributed by atoms with E-state index in [4.69, 9.17) is 14.9 Å². The van der Waals surface area contributed by atoms with E-state index in [1.165, 1.54) is 0 Å². The fourth-order valence-corrected chi connectivity index (χ4v) is 1.74. The van der Waals surface area contributed by atoms with Gasteiger partial charge in [-0.2, -0.15) is 0 Å². The summed E-state index contributed by atoms with van der Waals surface area (Å²) in [6.07, 6.45) is 0.262. The number of ether oxygens (including phenoxy) is 1. The molecule has 5 heteroatoms. The molecular weight excluding hydrogens is 270 g/mol. The molecule has 0 amide bonds. The second-order valence-electron chi connectivity index (χ2n) is 5.80. The molecule has 1 aromatic rings. The highest BCUT2D eigenvalue weighted by molar-refractivity contribution is 5.81. The number of carboxylic acids is 1. The van der Waals surface area contributed by atoms with Gasteiger partial charge < -0.3 is 14.9 Å². The van der Waals surface area contributed by atoms with Crippen molar-refractivity contribution in [3.63, 3.8) is 0 Å². The van der Waals surface area contributed by atoms with Crippen LogP contribution in [-0.2, 0) is 22.7 Å². The third-order valence-corrected chi connectivity index (χ3v) is 2.59. The first-order chi connectivity index (χ1) is 9.80. The molecule has 1 rings (SSSR count). The van der Waals surface area contributed by atoms with Gasteiger partial charge >= 0.3 is 5.97 Å². The Morgan fingerprint density at radius 2 is 1.90 bits per heavy atom. The number of aliphatic hydroxyl groups excluding tert-OH is 1. The maximum atomic E-state index is 10.7. The predicted octanol–water partition coefficient (Wildman–Crippen LogP) is 2.76. The summed E-state index contributed by atoms with van der Waals surface area (Å²) >= 11 is 0. The number of aliphatic hydroxyl groups is 1. The van der Waals surface area contributed by atoms with E-state index < -0.39 is 11.6 Å². The first-order valence-electron chi connectivity index (χ1n) is 6.93. The summed E-state index contributed by atoms with van der Waals surface area (Å²) in [6, 6.07) is 7.48. The van der Waals surface area contributed by atoms with Crippen LogP contribution in [0.4, 0.5) is 0 Å². The summed E-state index contributed by atoms with van der Waals surface area (Å²) < 4.78 is 5.70. The number of rotatable bonds is 6. The van der Waals surface area contributed by atoms with E-state index in [1.54, 1.807) is 0 Å². The van der Waals surface area contributed by atoms with Gasteiger partial charge in [0.05, 0.1) is 19.6 Å². The van der Waals surface area contributed by atoms with Crippen molar-refractivity contribution in [3.05, 3.63) is 35.4 Å². The van der Waals surface area contributed by atoms with Crippen molar-refractivity contribution in [3.8, 4) is 0 Å². The molecule has 0 unspecified atom stereocenters. The third kappa shape index (κ3) is 7.46. The van der Waals surface area contributed by atoms with Crippen molar-refractivity contribution in [2.75, 3.05) is 0 Å². The molecule has 0 fully saturated rings. The molecule has 116 valence electrons. The summed E-state index contributed by atoms with van der Waals surface area (Å²) in [5, 5.41) is 17.9. The van der Waals surface area contributed by atoms with Gasteiger partial charge in [-0.25, -0.2) is 0 Å². The normalized spacial score (nSPS) is 12.3. The zero-order valence-electron chi connectivity index (χ0n) is 12.8. The maximum Gasteiger partial charge on any atom is 0.303 e. The average Bonchev–Trinajstić information content (AvgIpc) is 2.40. The Kier molecular flexibility index (Phi) is 6.37. The van der Waals surface area contributed by atoms with Crippen molar-refractivity contribution in [1.82, 2.24) is 0 Å². The molecule has 0 aromatic heterocycles. The molecule has 0 spiro atoms. The monoisotopic (exact) mass is 293 g/mol. The second-order valence-corrected chi connectivity index (χ2v) is 5.80. The molecule has 0 atom stereocenters. The van der Waals surface area contributed by atoms with Crippen LogP contribution in [0.1, 0.15) is 44.7 Å². The van der Waals surface area contributed by atoms with Gasteiger partial charge in [0.15, 0.2) is 5.90 Å². The Balaban J connectivity index is 2.78. The Bertz CT molecular complexity index is 503. The van der Waals surface area contributed by atoms with Gasteiger partial charge in [-0.3, -0.25) is 9.79 Å². The van der Waals surface area contributed by atoms with E-state index in [0.29, 0.717) is 12.4 Å². The van der Waals surface area contributed by atoms with Gasteiger partial charge in [0, 0.05) is 6.42 Å². The number of hydrogen-bond acceptors (Lipinski definition) is 4. The Hall–Kier alpha value is -1.88. The number of nitrogens with zero attached hydrogens (tertiary/aromatic N) is 1. The van der Waals surface area contributed by atoms with Crippen LogP contribution < -0.4 is 0 Å². The van der Waals surface area contributed by atoms with Gasteiger partial charge in [-0.1, -0.05) is 24.3 Å². The quantitative estimate of drug-likeness (QED) is 0.624. The summed E-state index contributed by atoms with van der Waals surface area (Å²) in [4.78, 5) is 15.1. The topological polar surface area (TPSA) is 79.1 Å². The molecule has 0 radical (unpaired) electrons. The molecule has 1 aromatic carbocycles. The lowest BCUT2D eigenvalue weighted by molar-refractivity contribution is -0.136. The summed E-state index contributed by atoms with van der Waals surface area (Å²) in [7, 11) is 0. The SMILES string of the molecule is CC(C)(C)OC(CCC(=O)O)=NCc1cccc(CO)c1. The smallest absolute Gasteiger partial charge is 0.303 e. The number of carbonyl (C=O) groups is 1. The van der Waals surface area contributed by atoms with E-state index in [0.717, 1.165) is 11.1 Å². The second kappa shape index (κ2) is 7.78. The molecule has 0 bridgehead atoms. The zero-order valence-corrected chi connectivity index (χ0v) is 12.8. The van der Waals surface area contributed by atoms with E-state index in [1.807, 2.05) is 45.0 Å². The summed E-state index contributed by atoms with van der Waals surface area (Å²) in [6.45, 7) is 6.09. The molecule has 2 N–H and O–H groups in total. The van der Waals surface area contributed by atoms with Gasteiger partial charge in [0.25, 0.3) is 0 Å². The molecule has 0 aliphatic carbocycles. The van der Waals surface area contributed by atoms with Crippen LogP contribution in [0, 0.1) is 0 Å². The minimum atomic E-state index is -0.873. The lowest BCUT2D eigenvalue weighted by Gasteiger charge is -2.22. The van der Waals surface area contributed by atoms with Gasteiger partial charge in [-0.15, -0.1) is 0 Å². The molecule has 21 heavy (non-hydrogen) atoms. The summed E-state index contributed by atoms with van der Waals surface area (Å²) in [5.74, 6) is -0.429. The minimum Gasteiger partial charge on any atom is -0.481 e. The van der Waals surface area contributed by atoms with Crippen molar-refractivity contribution in [2.24, 2.45) is 4.99 Å². The molecule has 0 aliphatic heterocycles. The van der Waals surface area contributed by atoms with Crippen LogP contribution in [-0.4, -0.2) is 27.7 Å². The van der Waals surface area contributed by atoms with Crippen LogP contribution in [0.25, 0.3) is 0 Å². The highest BCUT2D eigenvalue weighted by Crippen LogP contribution is 2.13. The largest absolute Gasteiger partial charge is 0.481 e. The highest BCUT2D eigenvalue weighted by Gasteiger charge is 2.15. The lowest BCUT2D eigenvalue weighted by atomic mass is 10.1. The van der Waals surface area contributed by atoms with Crippen LogP contribution in [0.15, 0.2) is 29.3 Å². The average molecular weight is 293 g/mol. The van der Waals surface area contributed by atoms with Gasteiger partial charge in [0.1, 0.15) is 5.60 Å². The molecule has 0 aliphatic rings. The van der Waals surface area contributed by atoms with E-state index >= 15 is 0 Å². The van der Waals surface area contributed by atoms with Crippen molar-refractivity contribution in [2.45, 2.75) is 52.4 Å². The van der Waals surface area contributed by atoms with E-state index in [9.17, 15) is 4.79 Å². The standard InChI is InChI=1S/C16H23NO4/c1-16(2,3)21-14(7-8-15(19)20)17-10-12-5-4-6-13(9-12)11-18/h4-6,9,18H,7-8,10-11H2,1-3H3,(H,19,20). The Labute approximate surface area is 125 Å². The first-order valence-corrected chi connectivity index (χ1v) is 6.93. The first kappa shape index (κ1) is 17.2. The Morgan fingerprint density at radius 3 is 2.48 bits per heavy atom. The number of hydrogen-bond donors (Lipinski definition) is 2. The predicted molar refractivity (Wildman–Crippen MR) is 81.2 cm³/mol. The van der Waals surface area contributed by atoms with E-state index in [2.05, 4.69) is 4.99 Å². The minimum absolute atomic E-state index is 0.00834. The zero-order chi connectivity index (χ0) is 15.9. The molecule has 0 heterocycles. The number of aliphatic imine (C=N–C) groups is 1. The fraction of sp³-hybridized carbons (Fsp3) is 0.500. The Morgan fingerprint density at radius 1 is 1.24 bits per heavy atom. The number of benzene rings is 1. The molecule has 0 saturated heterocycles. The van der Waals surface area contributed by atoms with Gasteiger partial charge in [0.2, 0.25) is 0 Å². The van der Waals surface area contributed by atoms with Crippen LogP contribution in [0.5, 0.6) is 0 Å².